The fourth-order valence-corrected chi connectivity index (χ4v) is 3.03. The van der Waals surface area contributed by atoms with Gasteiger partial charge in [0.15, 0.2) is 11.6 Å². The van der Waals surface area contributed by atoms with Gasteiger partial charge in [0.05, 0.1) is 16.8 Å². The summed E-state index contributed by atoms with van der Waals surface area (Å²) < 4.78 is 10.5. The summed E-state index contributed by atoms with van der Waals surface area (Å²) in [6, 6.07) is 1.67. The van der Waals surface area contributed by atoms with E-state index in [1.807, 2.05) is 6.92 Å². The summed E-state index contributed by atoms with van der Waals surface area (Å²) in [5.41, 5.74) is 4.29. The summed E-state index contributed by atoms with van der Waals surface area (Å²) >= 11 is 0. The number of carbonyl (C=O) groups excluding carboxylic acids is 1. The number of hydrogen-bond donors (Lipinski definition) is 2. The zero-order valence-corrected chi connectivity index (χ0v) is 12.9. The molecular weight excluding hydrogens is 296 g/mol. The Morgan fingerprint density at radius 2 is 2.13 bits per heavy atom. The second-order valence-corrected chi connectivity index (χ2v) is 5.76. The van der Waals surface area contributed by atoms with Crippen LogP contribution in [-0.2, 0) is 12.8 Å². The molecule has 1 amide bonds. The molecule has 1 aliphatic rings. The number of amides is 1. The molecule has 0 unspecified atom stereocenters. The van der Waals surface area contributed by atoms with Crippen molar-refractivity contribution in [3.05, 3.63) is 40.5 Å². The van der Waals surface area contributed by atoms with Gasteiger partial charge in [0.1, 0.15) is 5.76 Å². The Kier molecular flexibility index (Phi) is 3.07. The highest BCUT2D eigenvalue weighted by molar-refractivity contribution is 6.08. The first-order chi connectivity index (χ1) is 11.1. The third kappa shape index (κ3) is 2.25. The Balaban J connectivity index is 1.75. The monoisotopic (exact) mass is 312 g/mol. The number of aryl methyl sites for hydroxylation is 3. The summed E-state index contributed by atoms with van der Waals surface area (Å²) in [6.07, 6.45) is 4.47. The molecule has 3 aromatic rings. The molecule has 3 heterocycles. The first kappa shape index (κ1) is 13.8. The van der Waals surface area contributed by atoms with Crippen LogP contribution in [0.4, 0.5) is 5.82 Å². The van der Waals surface area contributed by atoms with Crippen molar-refractivity contribution in [1.82, 2.24) is 15.3 Å². The van der Waals surface area contributed by atoms with Crippen LogP contribution in [0, 0.1) is 13.8 Å². The van der Waals surface area contributed by atoms with Crippen molar-refractivity contribution >= 4 is 11.7 Å². The van der Waals surface area contributed by atoms with E-state index in [-0.39, 0.29) is 5.91 Å². The van der Waals surface area contributed by atoms with Gasteiger partial charge in [0, 0.05) is 23.5 Å². The van der Waals surface area contributed by atoms with Gasteiger partial charge in [-0.25, -0.2) is 0 Å². The van der Waals surface area contributed by atoms with E-state index in [9.17, 15) is 4.79 Å². The zero-order chi connectivity index (χ0) is 16.0. The molecule has 2 N–H and O–H groups in total. The number of aromatic amines is 1. The molecule has 23 heavy (non-hydrogen) atoms. The minimum absolute atomic E-state index is 0.252. The highest BCUT2D eigenvalue weighted by Crippen LogP contribution is 2.36. The fraction of sp³-hybridized carbons (Fsp3) is 0.312. The lowest BCUT2D eigenvalue weighted by atomic mass is 10.0. The Bertz CT molecular complexity index is 887. The lowest BCUT2D eigenvalue weighted by molar-refractivity contribution is 0.102. The number of fused-ring (bicyclic) bond motifs is 3. The molecule has 0 bridgehead atoms. The molecule has 0 fully saturated rings. The van der Waals surface area contributed by atoms with Gasteiger partial charge in [0.25, 0.3) is 5.91 Å². The van der Waals surface area contributed by atoms with Gasteiger partial charge < -0.3 is 19.3 Å². The van der Waals surface area contributed by atoms with Gasteiger partial charge in [-0.2, -0.15) is 0 Å². The Hall–Kier alpha value is -2.83. The molecule has 0 aliphatic heterocycles. The number of carbonyl (C=O) groups is 1. The van der Waals surface area contributed by atoms with E-state index in [0.29, 0.717) is 22.9 Å². The van der Waals surface area contributed by atoms with Gasteiger partial charge in [-0.15, -0.1) is 0 Å². The Morgan fingerprint density at radius 3 is 2.91 bits per heavy atom. The summed E-state index contributed by atoms with van der Waals surface area (Å²) in [5, 5.41) is 10.6. The lowest BCUT2D eigenvalue weighted by Crippen LogP contribution is -2.12. The minimum atomic E-state index is -0.252. The van der Waals surface area contributed by atoms with E-state index >= 15 is 0 Å². The van der Waals surface area contributed by atoms with E-state index in [1.54, 1.807) is 19.2 Å². The molecular formula is C16H16N4O3. The van der Waals surface area contributed by atoms with E-state index in [2.05, 4.69) is 20.6 Å². The van der Waals surface area contributed by atoms with Crippen molar-refractivity contribution in [3.8, 4) is 11.3 Å². The van der Waals surface area contributed by atoms with Crippen LogP contribution in [0.2, 0.25) is 0 Å². The average Bonchev–Trinajstić information content (AvgIpc) is 3.17. The standard InChI is InChI=1S/C16H16N4O3/c1-8-6-13(20-22-8)18-16(21)11-7-17-12-5-3-4-10-9(2)19-23-15(10)14(11)12/h6-7,17H,3-5H2,1-2H3,(H,18,20,21). The average molecular weight is 312 g/mol. The number of nitrogens with one attached hydrogen (secondary N) is 2. The molecule has 0 radical (unpaired) electrons. The van der Waals surface area contributed by atoms with Gasteiger partial charge in [-0.1, -0.05) is 10.3 Å². The van der Waals surface area contributed by atoms with E-state index in [0.717, 1.165) is 41.8 Å². The van der Waals surface area contributed by atoms with Gasteiger partial charge in [-0.05, 0) is 33.1 Å². The Morgan fingerprint density at radius 1 is 1.26 bits per heavy atom. The van der Waals surface area contributed by atoms with Crippen LogP contribution >= 0.6 is 0 Å². The molecule has 0 atom stereocenters. The summed E-state index contributed by atoms with van der Waals surface area (Å²) in [6.45, 7) is 3.70. The van der Waals surface area contributed by atoms with Crippen LogP contribution < -0.4 is 5.32 Å². The van der Waals surface area contributed by atoms with Crippen LogP contribution in [0.3, 0.4) is 0 Å². The number of nitrogens with zero attached hydrogens (tertiary/aromatic N) is 2. The van der Waals surface area contributed by atoms with Crippen molar-refractivity contribution in [2.75, 3.05) is 5.32 Å². The molecule has 3 aromatic heterocycles. The van der Waals surface area contributed by atoms with Crippen LogP contribution in [0.5, 0.6) is 0 Å². The first-order valence-corrected chi connectivity index (χ1v) is 7.54. The summed E-state index contributed by atoms with van der Waals surface area (Å²) in [5.74, 6) is 1.47. The topological polar surface area (TPSA) is 97.0 Å². The van der Waals surface area contributed by atoms with Gasteiger partial charge in [0.2, 0.25) is 0 Å². The maximum atomic E-state index is 12.6. The van der Waals surface area contributed by atoms with Crippen molar-refractivity contribution in [3.63, 3.8) is 0 Å². The molecule has 0 spiro atoms. The fourth-order valence-electron chi connectivity index (χ4n) is 3.03. The predicted octanol–water partition coefficient (Wildman–Crippen LogP) is 3.02. The minimum Gasteiger partial charge on any atom is -0.364 e. The van der Waals surface area contributed by atoms with E-state index in [4.69, 9.17) is 9.05 Å². The second kappa shape index (κ2) is 5.12. The molecule has 7 heteroatoms. The van der Waals surface area contributed by atoms with E-state index < -0.39 is 0 Å². The summed E-state index contributed by atoms with van der Waals surface area (Å²) in [4.78, 5) is 15.8. The van der Waals surface area contributed by atoms with Gasteiger partial charge >= 0.3 is 0 Å². The highest BCUT2D eigenvalue weighted by Gasteiger charge is 2.28. The van der Waals surface area contributed by atoms with Crippen LogP contribution in [0.1, 0.15) is 39.5 Å². The lowest BCUT2D eigenvalue weighted by Gasteiger charge is -2.03. The first-order valence-electron chi connectivity index (χ1n) is 7.54. The number of anilines is 1. The van der Waals surface area contributed by atoms with Crippen LogP contribution in [0.25, 0.3) is 11.3 Å². The maximum Gasteiger partial charge on any atom is 0.259 e. The molecule has 1 aliphatic carbocycles. The maximum absolute atomic E-state index is 12.6. The zero-order valence-electron chi connectivity index (χ0n) is 12.9. The molecule has 0 saturated heterocycles. The number of H-pyrrole nitrogens is 1. The van der Waals surface area contributed by atoms with Crippen molar-refractivity contribution in [1.29, 1.82) is 0 Å². The third-order valence-electron chi connectivity index (χ3n) is 4.14. The van der Waals surface area contributed by atoms with Crippen molar-refractivity contribution in [2.45, 2.75) is 33.1 Å². The third-order valence-corrected chi connectivity index (χ3v) is 4.14. The van der Waals surface area contributed by atoms with Gasteiger partial charge in [-0.3, -0.25) is 4.79 Å². The van der Waals surface area contributed by atoms with E-state index in [1.165, 1.54) is 0 Å². The van der Waals surface area contributed by atoms with Crippen LogP contribution in [0.15, 0.2) is 21.3 Å². The SMILES string of the molecule is Cc1cc(NC(=O)c2c[nH]c3c2-c2onc(C)c2CCC3)no1. The normalized spacial score (nSPS) is 13.3. The Labute approximate surface area is 132 Å². The van der Waals surface area contributed by atoms with Crippen molar-refractivity contribution in [2.24, 2.45) is 0 Å². The smallest absolute Gasteiger partial charge is 0.259 e. The predicted molar refractivity (Wildman–Crippen MR) is 82.2 cm³/mol. The molecule has 7 nitrogen and oxygen atoms in total. The molecule has 0 aromatic carbocycles. The van der Waals surface area contributed by atoms with Crippen molar-refractivity contribution < 1.29 is 13.8 Å². The quantitative estimate of drug-likeness (QED) is 0.758. The summed E-state index contributed by atoms with van der Waals surface area (Å²) in [7, 11) is 0. The molecule has 118 valence electrons. The molecule has 4 rings (SSSR count). The number of rotatable bonds is 2. The second-order valence-electron chi connectivity index (χ2n) is 5.76. The number of hydrogen-bond acceptors (Lipinski definition) is 5. The number of aromatic nitrogens is 3. The molecule has 0 saturated carbocycles. The highest BCUT2D eigenvalue weighted by atomic mass is 16.5. The van der Waals surface area contributed by atoms with Crippen LogP contribution in [-0.4, -0.2) is 21.2 Å². The largest absolute Gasteiger partial charge is 0.364 e.